The number of benzene rings is 1. The number of aromatic nitrogens is 1. The molecule has 0 saturated heterocycles. The highest BCUT2D eigenvalue weighted by atomic mass is 32.2. The molecule has 0 aliphatic heterocycles. The highest BCUT2D eigenvalue weighted by Gasteiger charge is 2.31. The van der Waals surface area contributed by atoms with E-state index in [4.69, 9.17) is 5.11 Å². The van der Waals surface area contributed by atoms with Gasteiger partial charge in [-0.1, -0.05) is 6.07 Å². The van der Waals surface area contributed by atoms with E-state index in [0.717, 1.165) is 35.0 Å². The molecule has 0 radical (unpaired) electrons. The SMILES string of the molecule is CS(=O)(=O)N(Cc1ccc(C(=O)O)cn1)c1cccc(C(F)(F)F)c1. The summed E-state index contributed by atoms with van der Waals surface area (Å²) < 4.78 is 63.3. The van der Waals surface area contributed by atoms with Gasteiger partial charge < -0.3 is 5.11 Å². The predicted molar refractivity (Wildman–Crippen MR) is 83.7 cm³/mol. The summed E-state index contributed by atoms with van der Waals surface area (Å²) in [6, 6.07) is 6.45. The van der Waals surface area contributed by atoms with Crippen LogP contribution in [0.3, 0.4) is 0 Å². The number of aromatic carboxylic acids is 1. The second-order valence-corrected chi connectivity index (χ2v) is 7.07. The first-order chi connectivity index (χ1) is 11.5. The Bertz CT molecular complexity index is 880. The van der Waals surface area contributed by atoms with Crippen molar-refractivity contribution < 1.29 is 31.5 Å². The van der Waals surface area contributed by atoms with Crippen LogP contribution in [0.1, 0.15) is 21.6 Å². The van der Waals surface area contributed by atoms with Crippen molar-refractivity contribution in [3.05, 3.63) is 59.4 Å². The molecule has 0 amide bonds. The van der Waals surface area contributed by atoms with Gasteiger partial charge in [0, 0.05) is 6.20 Å². The van der Waals surface area contributed by atoms with Gasteiger partial charge in [-0.2, -0.15) is 13.2 Å². The van der Waals surface area contributed by atoms with E-state index in [-0.39, 0.29) is 23.5 Å². The molecule has 0 saturated carbocycles. The van der Waals surface area contributed by atoms with Gasteiger partial charge in [-0.3, -0.25) is 9.29 Å². The molecule has 0 aliphatic rings. The predicted octanol–water partition coefficient (Wildman–Crippen LogP) is 2.76. The Morgan fingerprint density at radius 2 is 1.92 bits per heavy atom. The largest absolute Gasteiger partial charge is 0.478 e. The lowest BCUT2D eigenvalue weighted by Gasteiger charge is -2.23. The lowest BCUT2D eigenvalue weighted by atomic mass is 10.2. The lowest BCUT2D eigenvalue weighted by Crippen LogP contribution is -2.30. The maximum absolute atomic E-state index is 12.8. The van der Waals surface area contributed by atoms with Gasteiger partial charge in [0.25, 0.3) is 0 Å². The molecule has 10 heteroatoms. The van der Waals surface area contributed by atoms with Gasteiger partial charge in [0.2, 0.25) is 10.0 Å². The monoisotopic (exact) mass is 374 g/mol. The van der Waals surface area contributed by atoms with Crippen molar-refractivity contribution in [3.8, 4) is 0 Å². The molecule has 0 spiro atoms. The number of rotatable bonds is 5. The van der Waals surface area contributed by atoms with E-state index >= 15 is 0 Å². The topological polar surface area (TPSA) is 87.6 Å². The van der Waals surface area contributed by atoms with Crippen LogP contribution in [-0.4, -0.2) is 30.7 Å². The minimum Gasteiger partial charge on any atom is -0.478 e. The molecule has 25 heavy (non-hydrogen) atoms. The van der Waals surface area contributed by atoms with Crippen LogP contribution in [0.2, 0.25) is 0 Å². The van der Waals surface area contributed by atoms with Crippen LogP contribution in [0.4, 0.5) is 18.9 Å². The molecule has 1 N–H and O–H groups in total. The fourth-order valence-corrected chi connectivity index (χ4v) is 2.89. The van der Waals surface area contributed by atoms with Crippen molar-refractivity contribution in [2.24, 2.45) is 0 Å². The van der Waals surface area contributed by atoms with Crippen molar-refractivity contribution in [1.29, 1.82) is 0 Å². The maximum atomic E-state index is 12.8. The van der Waals surface area contributed by atoms with E-state index in [0.29, 0.717) is 0 Å². The van der Waals surface area contributed by atoms with Crippen LogP contribution < -0.4 is 4.31 Å². The zero-order valence-corrected chi connectivity index (χ0v) is 13.7. The van der Waals surface area contributed by atoms with E-state index in [1.54, 1.807) is 0 Å². The first-order valence-corrected chi connectivity index (χ1v) is 8.66. The van der Waals surface area contributed by atoms with Gasteiger partial charge in [-0.05, 0) is 30.3 Å². The van der Waals surface area contributed by atoms with Crippen molar-refractivity contribution in [1.82, 2.24) is 4.98 Å². The van der Waals surface area contributed by atoms with Gasteiger partial charge in [0.1, 0.15) is 0 Å². The molecule has 0 bridgehead atoms. The Hall–Kier alpha value is -2.62. The van der Waals surface area contributed by atoms with Crippen molar-refractivity contribution in [2.75, 3.05) is 10.6 Å². The summed E-state index contributed by atoms with van der Waals surface area (Å²) in [6.07, 6.45) is -2.70. The molecular weight excluding hydrogens is 361 g/mol. The first kappa shape index (κ1) is 18.7. The van der Waals surface area contributed by atoms with Crippen LogP contribution in [-0.2, 0) is 22.7 Å². The number of sulfonamides is 1. The number of anilines is 1. The molecule has 1 heterocycles. The average Bonchev–Trinajstić information content (AvgIpc) is 2.51. The summed E-state index contributed by atoms with van der Waals surface area (Å²) in [5.74, 6) is -1.20. The standard InChI is InChI=1S/C15H13F3N2O4S/c1-25(23,24)20(9-12-6-5-10(8-19-12)14(21)22)13-4-2-3-11(7-13)15(16,17)18/h2-8H,9H2,1H3,(H,21,22). The van der Waals surface area contributed by atoms with Crippen LogP contribution in [0.25, 0.3) is 0 Å². The summed E-state index contributed by atoms with van der Waals surface area (Å²) in [6.45, 7) is -0.333. The van der Waals surface area contributed by atoms with Gasteiger partial charge in [0.15, 0.2) is 0 Å². The molecule has 0 atom stereocenters. The summed E-state index contributed by atoms with van der Waals surface area (Å²) in [7, 11) is -3.90. The number of carbonyl (C=O) groups is 1. The molecule has 2 rings (SSSR count). The molecule has 0 aliphatic carbocycles. The number of halogens is 3. The Morgan fingerprint density at radius 3 is 2.40 bits per heavy atom. The summed E-state index contributed by atoms with van der Waals surface area (Å²) in [5, 5.41) is 8.82. The Kier molecular flexibility index (Phi) is 5.02. The third kappa shape index (κ3) is 4.69. The number of nitrogens with zero attached hydrogens (tertiary/aromatic N) is 2. The van der Waals surface area contributed by atoms with Gasteiger partial charge >= 0.3 is 12.1 Å². The number of alkyl halides is 3. The number of hydrogen-bond acceptors (Lipinski definition) is 4. The molecule has 1 aromatic carbocycles. The molecule has 0 unspecified atom stereocenters. The number of pyridine rings is 1. The molecule has 2 aromatic rings. The van der Waals surface area contributed by atoms with E-state index in [2.05, 4.69) is 4.98 Å². The smallest absolute Gasteiger partial charge is 0.416 e. The van der Waals surface area contributed by atoms with E-state index < -0.39 is 27.7 Å². The highest BCUT2D eigenvalue weighted by molar-refractivity contribution is 7.92. The van der Waals surface area contributed by atoms with Gasteiger partial charge in [0.05, 0.1) is 35.3 Å². The van der Waals surface area contributed by atoms with Crippen LogP contribution in [0.15, 0.2) is 42.6 Å². The average molecular weight is 374 g/mol. The fraction of sp³-hybridized carbons (Fsp3) is 0.200. The van der Waals surface area contributed by atoms with Crippen LogP contribution in [0.5, 0.6) is 0 Å². The highest BCUT2D eigenvalue weighted by Crippen LogP contribution is 2.32. The number of carboxylic acids is 1. The van der Waals surface area contributed by atoms with Crippen LogP contribution >= 0.6 is 0 Å². The van der Waals surface area contributed by atoms with Crippen molar-refractivity contribution in [2.45, 2.75) is 12.7 Å². The molecule has 1 aromatic heterocycles. The summed E-state index contributed by atoms with van der Waals surface area (Å²) >= 11 is 0. The molecule has 6 nitrogen and oxygen atoms in total. The van der Waals surface area contributed by atoms with E-state index in [9.17, 15) is 26.4 Å². The lowest BCUT2D eigenvalue weighted by molar-refractivity contribution is -0.137. The second kappa shape index (κ2) is 6.71. The molecule has 0 fully saturated rings. The van der Waals surface area contributed by atoms with Gasteiger partial charge in [-0.25, -0.2) is 13.2 Å². The third-order valence-corrected chi connectivity index (χ3v) is 4.38. The van der Waals surface area contributed by atoms with Crippen LogP contribution in [0, 0.1) is 0 Å². The maximum Gasteiger partial charge on any atom is 0.416 e. The molecule has 134 valence electrons. The Balaban J connectivity index is 2.40. The first-order valence-electron chi connectivity index (χ1n) is 6.81. The summed E-state index contributed by atoms with van der Waals surface area (Å²) in [4.78, 5) is 14.6. The van der Waals surface area contributed by atoms with E-state index in [1.807, 2.05) is 0 Å². The van der Waals surface area contributed by atoms with Crippen molar-refractivity contribution >= 4 is 21.7 Å². The number of hydrogen-bond donors (Lipinski definition) is 1. The van der Waals surface area contributed by atoms with Crippen molar-refractivity contribution in [3.63, 3.8) is 0 Å². The zero-order valence-electron chi connectivity index (χ0n) is 12.9. The molecular formula is C15H13F3N2O4S. The third-order valence-electron chi connectivity index (χ3n) is 3.24. The fourth-order valence-electron chi connectivity index (χ4n) is 2.03. The second-order valence-electron chi connectivity index (χ2n) is 5.16. The Morgan fingerprint density at radius 1 is 1.24 bits per heavy atom. The van der Waals surface area contributed by atoms with E-state index in [1.165, 1.54) is 18.2 Å². The minimum atomic E-state index is -4.61. The minimum absolute atomic E-state index is 0.0891. The normalized spacial score (nSPS) is 12.0. The van der Waals surface area contributed by atoms with Gasteiger partial charge in [-0.15, -0.1) is 0 Å². The zero-order chi connectivity index (χ0) is 18.8. The Labute approximate surface area is 141 Å². The number of carboxylic acid groups (broad SMARTS) is 1. The summed E-state index contributed by atoms with van der Waals surface area (Å²) in [5.41, 5.74) is -1.05. The quantitative estimate of drug-likeness (QED) is 0.870.